The predicted octanol–water partition coefficient (Wildman–Crippen LogP) is 2.15. The molecule has 2 saturated heterocycles. The van der Waals surface area contributed by atoms with E-state index in [1.165, 1.54) is 5.56 Å². The van der Waals surface area contributed by atoms with Gasteiger partial charge in [0.2, 0.25) is 0 Å². The van der Waals surface area contributed by atoms with Crippen LogP contribution in [0.2, 0.25) is 0 Å². The van der Waals surface area contributed by atoms with Crippen LogP contribution in [0.3, 0.4) is 0 Å². The summed E-state index contributed by atoms with van der Waals surface area (Å²) in [5, 5.41) is 3.56. The highest BCUT2D eigenvalue weighted by atomic mass is 16.6. The number of benzene rings is 1. The fourth-order valence-electron chi connectivity index (χ4n) is 4.14. The zero-order valence-electron chi connectivity index (χ0n) is 17.9. The van der Waals surface area contributed by atoms with Gasteiger partial charge in [0.1, 0.15) is 5.82 Å². The van der Waals surface area contributed by atoms with Crippen LogP contribution in [-0.2, 0) is 4.74 Å². The van der Waals surface area contributed by atoms with Gasteiger partial charge < -0.3 is 24.8 Å². The van der Waals surface area contributed by atoms with Crippen LogP contribution in [0.15, 0.2) is 48.7 Å². The Hall–Kier alpha value is -3.13. The molecule has 1 aromatic carbocycles. The lowest BCUT2D eigenvalue weighted by Gasteiger charge is -2.37. The van der Waals surface area contributed by atoms with Crippen LogP contribution < -0.4 is 10.2 Å². The van der Waals surface area contributed by atoms with Crippen molar-refractivity contribution in [3.05, 3.63) is 59.8 Å². The Morgan fingerprint density at radius 1 is 1.03 bits per heavy atom. The number of pyridine rings is 1. The second-order valence-corrected chi connectivity index (χ2v) is 7.72. The van der Waals surface area contributed by atoms with Gasteiger partial charge in [-0.05, 0) is 24.6 Å². The van der Waals surface area contributed by atoms with Crippen LogP contribution >= 0.6 is 0 Å². The first kappa shape index (κ1) is 21.1. The van der Waals surface area contributed by atoms with Crippen LogP contribution in [0.5, 0.6) is 0 Å². The van der Waals surface area contributed by atoms with Crippen LogP contribution in [0, 0.1) is 0 Å². The summed E-state index contributed by atoms with van der Waals surface area (Å²) in [5.41, 5.74) is 1.84. The van der Waals surface area contributed by atoms with Crippen molar-refractivity contribution in [3.8, 4) is 0 Å². The van der Waals surface area contributed by atoms with E-state index in [9.17, 15) is 9.59 Å². The zero-order valence-corrected chi connectivity index (χ0v) is 17.9. The molecule has 1 N–H and O–H groups in total. The number of carbonyl (C=O) groups excluding carboxylic acids is 2. The molecule has 1 aromatic heterocycles. The van der Waals surface area contributed by atoms with Crippen molar-refractivity contribution >= 4 is 17.8 Å². The average Bonchev–Trinajstić information content (AvgIpc) is 2.84. The summed E-state index contributed by atoms with van der Waals surface area (Å²) in [5.74, 6) is 0.684. The molecule has 2 aromatic rings. The molecule has 4 rings (SSSR count). The van der Waals surface area contributed by atoms with Crippen molar-refractivity contribution in [2.45, 2.75) is 13.0 Å². The van der Waals surface area contributed by atoms with E-state index in [2.05, 4.69) is 27.3 Å². The summed E-state index contributed by atoms with van der Waals surface area (Å²) in [6, 6.07) is 14.2. The van der Waals surface area contributed by atoms with E-state index in [0.717, 1.165) is 25.5 Å². The lowest BCUT2D eigenvalue weighted by molar-refractivity contribution is 0.0570. The van der Waals surface area contributed by atoms with Crippen molar-refractivity contribution in [3.63, 3.8) is 0 Å². The molecule has 2 aliphatic heterocycles. The quantitative estimate of drug-likeness (QED) is 0.812. The lowest BCUT2D eigenvalue weighted by Crippen LogP contribution is -2.51. The van der Waals surface area contributed by atoms with Crippen molar-refractivity contribution in [2.24, 2.45) is 0 Å². The normalized spacial score (nSPS) is 19.3. The van der Waals surface area contributed by atoms with E-state index >= 15 is 0 Å². The number of nitrogens with one attached hydrogen (secondary N) is 1. The molecule has 0 bridgehead atoms. The molecule has 2 aliphatic rings. The van der Waals surface area contributed by atoms with E-state index in [-0.39, 0.29) is 18.0 Å². The largest absolute Gasteiger partial charge is 0.450 e. The summed E-state index contributed by atoms with van der Waals surface area (Å²) >= 11 is 0. The predicted molar refractivity (Wildman–Crippen MR) is 118 cm³/mol. The van der Waals surface area contributed by atoms with Gasteiger partial charge in [-0.1, -0.05) is 30.3 Å². The van der Waals surface area contributed by atoms with E-state index < -0.39 is 0 Å². The first-order chi connectivity index (χ1) is 15.2. The molecule has 0 radical (unpaired) electrons. The number of ether oxygens (including phenoxy) is 1. The Morgan fingerprint density at radius 2 is 1.77 bits per heavy atom. The summed E-state index contributed by atoms with van der Waals surface area (Å²) < 4.78 is 5.07. The zero-order chi connectivity index (χ0) is 21.6. The third-order valence-corrected chi connectivity index (χ3v) is 5.79. The first-order valence-electron chi connectivity index (χ1n) is 10.9. The standard InChI is InChI=1S/C23H29N5O3/c1-2-31-23(30)27-15-13-26(14-16-27)22(29)19-9-6-10-25-21(19)28-12-11-24-20(17-28)18-7-4-3-5-8-18/h3-10,20,24H,2,11-17H2,1H3. The minimum atomic E-state index is -0.315. The Balaban J connectivity index is 1.46. The molecule has 0 spiro atoms. The molecular weight excluding hydrogens is 394 g/mol. The van der Waals surface area contributed by atoms with E-state index in [0.29, 0.717) is 38.3 Å². The molecule has 2 amide bonds. The van der Waals surface area contributed by atoms with Crippen molar-refractivity contribution < 1.29 is 14.3 Å². The van der Waals surface area contributed by atoms with Crippen LogP contribution in [0.25, 0.3) is 0 Å². The number of nitrogens with zero attached hydrogens (tertiary/aromatic N) is 4. The first-order valence-corrected chi connectivity index (χ1v) is 10.9. The topological polar surface area (TPSA) is 78.0 Å². The van der Waals surface area contributed by atoms with Gasteiger partial charge in [-0.2, -0.15) is 0 Å². The van der Waals surface area contributed by atoms with Gasteiger partial charge in [0, 0.05) is 58.1 Å². The van der Waals surface area contributed by atoms with Gasteiger partial charge in [-0.3, -0.25) is 4.79 Å². The van der Waals surface area contributed by atoms with Crippen LogP contribution in [0.1, 0.15) is 28.9 Å². The minimum Gasteiger partial charge on any atom is -0.450 e. The second-order valence-electron chi connectivity index (χ2n) is 7.72. The van der Waals surface area contributed by atoms with E-state index in [1.807, 2.05) is 30.3 Å². The smallest absolute Gasteiger partial charge is 0.409 e. The van der Waals surface area contributed by atoms with Gasteiger partial charge >= 0.3 is 6.09 Å². The third-order valence-electron chi connectivity index (χ3n) is 5.79. The number of carbonyl (C=O) groups is 2. The minimum absolute atomic E-state index is 0.0404. The highest BCUT2D eigenvalue weighted by molar-refractivity contribution is 5.99. The average molecular weight is 424 g/mol. The van der Waals surface area contributed by atoms with Crippen molar-refractivity contribution in [1.29, 1.82) is 0 Å². The lowest BCUT2D eigenvalue weighted by atomic mass is 10.0. The Morgan fingerprint density at radius 3 is 2.52 bits per heavy atom. The number of piperazine rings is 2. The maximum absolute atomic E-state index is 13.3. The molecule has 0 saturated carbocycles. The van der Waals surface area contributed by atoms with Crippen molar-refractivity contribution in [1.82, 2.24) is 20.1 Å². The van der Waals surface area contributed by atoms with E-state index in [4.69, 9.17) is 4.74 Å². The highest BCUT2D eigenvalue weighted by Gasteiger charge is 2.29. The Labute approximate surface area is 182 Å². The summed E-state index contributed by atoms with van der Waals surface area (Å²) in [6.07, 6.45) is 1.43. The summed E-state index contributed by atoms with van der Waals surface area (Å²) in [7, 11) is 0. The molecule has 1 atom stereocenters. The third kappa shape index (κ3) is 4.80. The maximum Gasteiger partial charge on any atom is 0.409 e. The molecule has 31 heavy (non-hydrogen) atoms. The number of hydrogen-bond acceptors (Lipinski definition) is 6. The van der Waals surface area contributed by atoms with Gasteiger partial charge in [0.25, 0.3) is 5.91 Å². The summed E-state index contributed by atoms with van der Waals surface area (Å²) in [6.45, 7) is 6.43. The fraction of sp³-hybridized carbons (Fsp3) is 0.435. The second kappa shape index (κ2) is 9.78. The van der Waals surface area contributed by atoms with E-state index in [1.54, 1.807) is 22.9 Å². The van der Waals surface area contributed by atoms with Gasteiger partial charge in [-0.25, -0.2) is 9.78 Å². The molecule has 164 valence electrons. The molecule has 2 fully saturated rings. The number of aromatic nitrogens is 1. The van der Waals surface area contributed by atoms with Gasteiger partial charge in [0.15, 0.2) is 0 Å². The SMILES string of the molecule is CCOC(=O)N1CCN(C(=O)c2cccnc2N2CCNC(c3ccccc3)C2)CC1. The molecular formula is C23H29N5O3. The molecule has 1 unspecified atom stereocenters. The number of rotatable bonds is 4. The molecule has 8 nitrogen and oxygen atoms in total. The summed E-state index contributed by atoms with van der Waals surface area (Å²) in [4.78, 5) is 35.5. The molecule has 8 heteroatoms. The number of hydrogen-bond donors (Lipinski definition) is 1. The number of amides is 2. The van der Waals surface area contributed by atoms with Gasteiger partial charge in [0.05, 0.1) is 12.2 Å². The molecule has 3 heterocycles. The highest BCUT2D eigenvalue weighted by Crippen LogP contribution is 2.25. The van der Waals surface area contributed by atoms with Crippen molar-refractivity contribution in [2.75, 3.05) is 57.3 Å². The van der Waals surface area contributed by atoms with Crippen LogP contribution in [-0.4, -0.2) is 79.2 Å². The monoisotopic (exact) mass is 423 g/mol. The van der Waals surface area contributed by atoms with Crippen LogP contribution in [0.4, 0.5) is 10.6 Å². The molecule has 0 aliphatic carbocycles. The Kier molecular flexibility index (Phi) is 6.66. The fourth-order valence-corrected chi connectivity index (χ4v) is 4.14. The maximum atomic E-state index is 13.3. The van der Waals surface area contributed by atoms with Gasteiger partial charge in [-0.15, -0.1) is 0 Å². The Bertz CT molecular complexity index is 899. The number of anilines is 1.